The van der Waals surface area contributed by atoms with Crippen molar-refractivity contribution in [2.24, 2.45) is 0 Å². The second-order valence-corrected chi connectivity index (χ2v) is 3.69. The minimum Gasteiger partial charge on any atom is -0.369 e. The third-order valence-corrected chi connectivity index (χ3v) is 2.04. The van der Waals surface area contributed by atoms with Gasteiger partial charge in [0, 0.05) is 0 Å². The van der Waals surface area contributed by atoms with Gasteiger partial charge in [0.15, 0.2) is 5.79 Å². The van der Waals surface area contributed by atoms with E-state index in [1.54, 1.807) is 12.2 Å². The monoisotopic (exact) mass is 198 g/mol. The lowest BCUT2D eigenvalue weighted by Gasteiger charge is -2.39. The summed E-state index contributed by atoms with van der Waals surface area (Å²) in [5.41, 5.74) is 0. The summed E-state index contributed by atoms with van der Waals surface area (Å²) in [6, 6.07) is 0. The Balaban J connectivity index is 2.52. The van der Waals surface area contributed by atoms with Crippen LogP contribution >= 0.6 is 0 Å². The SMILES string of the molecule is C=CCO[C@@H]1COC(C)(C)OC1C=C. The van der Waals surface area contributed by atoms with Crippen molar-refractivity contribution in [2.75, 3.05) is 13.2 Å². The zero-order valence-electron chi connectivity index (χ0n) is 8.86. The van der Waals surface area contributed by atoms with Crippen LogP contribution in [0, 0.1) is 0 Å². The van der Waals surface area contributed by atoms with Gasteiger partial charge in [-0.1, -0.05) is 12.2 Å². The molecule has 1 saturated heterocycles. The van der Waals surface area contributed by atoms with E-state index in [-0.39, 0.29) is 12.2 Å². The van der Waals surface area contributed by atoms with E-state index >= 15 is 0 Å². The maximum Gasteiger partial charge on any atom is 0.163 e. The van der Waals surface area contributed by atoms with Crippen molar-refractivity contribution in [2.45, 2.75) is 31.8 Å². The van der Waals surface area contributed by atoms with Crippen LogP contribution < -0.4 is 0 Å². The summed E-state index contributed by atoms with van der Waals surface area (Å²) < 4.78 is 16.6. The van der Waals surface area contributed by atoms with Gasteiger partial charge >= 0.3 is 0 Å². The highest BCUT2D eigenvalue weighted by molar-refractivity contribution is 4.91. The summed E-state index contributed by atoms with van der Waals surface area (Å²) >= 11 is 0. The van der Waals surface area contributed by atoms with Crippen molar-refractivity contribution in [3.05, 3.63) is 25.3 Å². The first-order valence-corrected chi connectivity index (χ1v) is 4.76. The summed E-state index contributed by atoms with van der Waals surface area (Å²) in [5.74, 6) is -0.549. The maximum absolute atomic E-state index is 5.63. The largest absolute Gasteiger partial charge is 0.369 e. The van der Waals surface area contributed by atoms with Crippen molar-refractivity contribution >= 4 is 0 Å². The fraction of sp³-hybridized carbons (Fsp3) is 0.636. The maximum atomic E-state index is 5.63. The molecule has 0 aliphatic carbocycles. The molecule has 3 heteroatoms. The minimum absolute atomic E-state index is 0.0847. The highest BCUT2D eigenvalue weighted by Crippen LogP contribution is 2.24. The average Bonchev–Trinajstić information content (AvgIpc) is 2.15. The van der Waals surface area contributed by atoms with Crippen molar-refractivity contribution in [1.29, 1.82) is 0 Å². The smallest absolute Gasteiger partial charge is 0.163 e. The summed E-state index contributed by atoms with van der Waals surface area (Å²) in [4.78, 5) is 0. The van der Waals surface area contributed by atoms with Crippen LogP contribution in [0.3, 0.4) is 0 Å². The molecule has 1 unspecified atom stereocenters. The molecule has 0 spiro atoms. The second kappa shape index (κ2) is 4.73. The quantitative estimate of drug-likeness (QED) is 0.646. The van der Waals surface area contributed by atoms with Crippen LogP contribution in [0.5, 0.6) is 0 Å². The molecule has 0 aromatic heterocycles. The third kappa shape index (κ3) is 2.94. The van der Waals surface area contributed by atoms with Crippen molar-refractivity contribution in [3.8, 4) is 0 Å². The van der Waals surface area contributed by atoms with E-state index in [0.29, 0.717) is 13.2 Å². The lowest BCUT2D eigenvalue weighted by atomic mass is 10.1. The fourth-order valence-corrected chi connectivity index (χ4v) is 1.35. The molecule has 80 valence electrons. The lowest BCUT2D eigenvalue weighted by molar-refractivity contribution is -0.298. The summed E-state index contributed by atoms with van der Waals surface area (Å²) in [7, 11) is 0. The molecular weight excluding hydrogens is 180 g/mol. The van der Waals surface area contributed by atoms with E-state index in [2.05, 4.69) is 13.2 Å². The molecular formula is C11H18O3. The molecule has 0 saturated carbocycles. The lowest BCUT2D eigenvalue weighted by Crippen LogP contribution is -2.48. The highest BCUT2D eigenvalue weighted by Gasteiger charge is 2.35. The van der Waals surface area contributed by atoms with Gasteiger partial charge in [-0.15, -0.1) is 13.2 Å². The first-order chi connectivity index (χ1) is 6.59. The Labute approximate surface area is 85.3 Å². The van der Waals surface area contributed by atoms with Gasteiger partial charge in [0.1, 0.15) is 12.2 Å². The van der Waals surface area contributed by atoms with Gasteiger partial charge < -0.3 is 14.2 Å². The number of rotatable bonds is 4. The molecule has 0 amide bonds. The molecule has 0 bridgehead atoms. The van der Waals surface area contributed by atoms with Crippen LogP contribution in [-0.2, 0) is 14.2 Å². The normalized spacial score (nSPS) is 31.0. The van der Waals surface area contributed by atoms with Gasteiger partial charge in [-0.05, 0) is 13.8 Å². The molecule has 0 N–H and O–H groups in total. The zero-order chi connectivity index (χ0) is 10.6. The van der Waals surface area contributed by atoms with Crippen LogP contribution in [-0.4, -0.2) is 31.2 Å². The Morgan fingerprint density at radius 2 is 2.21 bits per heavy atom. The summed E-state index contributed by atoms with van der Waals surface area (Å²) in [5, 5.41) is 0. The van der Waals surface area contributed by atoms with Crippen LogP contribution in [0.25, 0.3) is 0 Å². The molecule has 1 fully saturated rings. The number of hydrogen-bond donors (Lipinski definition) is 0. The van der Waals surface area contributed by atoms with E-state index < -0.39 is 5.79 Å². The number of ether oxygens (including phenoxy) is 3. The van der Waals surface area contributed by atoms with E-state index in [0.717, 1.165) is 0 Å². The van der Waals surface area contributed by atoms with Gasteiger partial charge in [0.05, 0.1) is 13.2 Å². The highest BCUT2D eigenvalue weighted by atomic mass is 16.7. The Morgan fingerprint density at radius 3 is 2.79 bits per heavy atom. The van der Waals surface area contributed by atoms with Crippen molar-refractivity contribution < 1.29 is 14.2 Å². The van der Waals surface area contributed by atoms with E-state index in [1.807, 2.05) is 13.8 Å². The Bertz CT molecular complexity index is 211. The van der Waals surface area contributed by atoms with Crippen molar-refractivity contribution in [3.63, 3.8) is 0 Å². The Hall–Kier alpha value is -0.640. The first-order valence-electron chi connectivity index (χ1n) is 4.76. The molecule has 3 nitrogen and oxygen atoms in total. The number of hydrogen-bond acceptors (Lipinski definition) is 3. The standard InChI is InChI=1S/C11H18O3/c1-5-7-12-10-8-13-11(3,4)14-9(10)6-2/h5-6,9-10H,1-2,7-8H2,3-4H3/t9?,10-/m1/s1. The molecule has 0 aromatic carbocycles. The van der Waals surface area contributed by atoms with E-state index in [9.17, 15) is 0 Å². The van der Waals surface area contributed by atoms with Crippen LogP contribution in [0.4, 0.5) is 0 Å². The topological polar surface area (TPSA) is 27.7 Å². The van der Waals surface area contributed by atoms with Gasteiger partial charge in [-0.25, -0.2) is 0 Å². The predicted octanol–water partition coefficient (Wildman–Crippen LogP) is 1.90. The Kier molecular flexibility index (Phi) is 3.86. The Morgan fingerprint density at radius 1 is 1.50 bits per heavy atom. The zero-order valence-corrected chi connectivity index (χ0v) is 8.86. The van der Waals surface area contributed by atoms with E-state index in [1.165, 1.54) is 0 Å². The minimum atomic E-state index is -0.549. The summed E-state index contributed by atoms with van der Waals surface area (Å²) in [6.07, 6.45) is 3.26. The van der Waals surface area contributed by atoms with Crippen LogP contribution in [0.2, 0.25) is 0 Å². The summed E-state index contributed by atoms with van der Waals surface area (Å²) in [6.45, 7) is 12.1. The molecule has 0 radical (unpaired) electrons. The third-order valence-electron chi connectivity index (χ3n) is 2.04. The molecule has 0 aromatic rings. The predicted molar refractivity (Wildman–Crippen MR) is 55.0 cm³/mol. The molecule has 1 heterocycles. The molecule has 2 atom stereocenters. The van der Waals surface area contributed by atoms with Gasteiger partial charge in [0.2, 0.25) is 0 Å². The average molecular weight is 198 g/mol. The van der Waals surface area contributed by atoms with Gasteiger partial charge in [-0.2, -0.15) is 0 Å². The second-order valence-electron chi connectivity index (χ2n) is 3.69. The molecule has 1 aliphatic heterocycles. The van der Waals surface area contributed by atoms with Gasteiger partial charge in [0.25, 0.3) is 0 Å². The molecule has 14 heavy (non-hydrogen) atoms. The van der Waals surface area contributed by atoms with Crippen LogP contribution in [0.15, 0.2) is 25.3 Å². The fourth-order valence-electron chi connectivity index (χ4n) is 1.35. The van der Waals surface area contributed by atoms with Gasteiger partial charge in [-0.3, -0.25) is 0 Å². The van der Waals surface area contributed by atoms with Crippen LogP contribution in [0.1, 0.15) is 13.8 Å². The molecule has 1 rings (SSSR count). The first kappa shape index (κ1) is 11.4. The van der Waals surface area contributed by atoms with E-state index in [4.69, 9.17) is 14.2 Å². The molecule has 1 aliphatic rings. The van der Waals surface area contributed by atoms with Crippen molar-refractivity contribution in [1.82, 2.24) is 0 Å².